The van der Waals surface area contributed by atoms with Crippen molar-refractivity contribution in [1.29, 1.82) is 0 Å². The Labute approximate surface area is 109 Å². The first-order chi connectivity index (χ1) is 9.16. The molecule has 0 saturated carbocycles. The number of imide groups is 1. The van der Waals surface area contributed by atoms with Crippen LogP contribution in [-0.4, -0.2) is 22.1 Å². The van der Waals surface area contributed by atoms with Crippen LogP contribution < -0.4 is 5.32 Å². The molecule has 0 atom stereocenters. The lowest BCUT2D eigenvalue weighted by Crippen LogP contribution is -2.25. The first kappa shape index (κ1) is 11.4. The van der Waals surface area contributed by atoms with Crippen molar-refractivity contribution in [1.82, 2.24) is 5.06 Å². The van der Waals surface area contributed by atoms with E-state index in [9.17, 15) is 14.8 Å². The third-order valence-electron chi connectivity index (χ3n) is 2.93. The number of nitrogens with one attached hydrogen (secondary N) is 1. The summed E-state index contributed by atoms with van der Waals surface area (Å²) in [5.41, 5.74) is 1.97. The van der Waals surface area contributed by atoms with Gasteiger partial charge in [0.25, 0.3) is 11.8 Å². The van der Waals surface area contributed by atoms with Gasteiger partial charge in [-0.3, -0.25) is 14.8 Å². The Hall–Kier alpha value is -2.66. The molecule has 0 radical (unpaired) electrons. The van der Waals surface area contributed by atoms with Gasteiger partial charge in [-0.1, -0.05) is 18.2 Å². The second-order valence-electron chi connectivity index (χ2n) is 4.17. The molecule has 19 heavy (non-hydrogen) atoms. The Morgan fingerprint density at radius 3 is 2.26 bits per heavy atom. The molecule has 2 aromatic carbocycles. The van der Waals surface area contributed by atoms with E-state index in [1.807, 2.05) is 30.3 Å². The molecule has 0 aliphatic carbocycles. The third kappa shape index (κ3) is 1.86. The van der Waals surface area contributed by atoms with Gasteiger partial charge in [0.15, 0.2) is 0 Å². The zero-order valence-electron chi connectivity index (χ0n) is 9.83. The number of fused-ring (bicyclic) bond motifs is 1. The molecule has 5 nitrogen and oxygen atoms in total. The maximum absolute atomic E-state index is 11.6. The summed E-state index contributed by atoms with van der Waals surface area (Å²) in [5.74, 6) is -1.39. The predicted octanol–water partition coefficient (Wildman–Crippen LogP) is 2.42. The van der Waals surface area contributed by atoms with E-state index < -0.39 is 11.8 Å². The van der Waals surface area contributed by atoms with Crippen molar-refractivity contribution in [3.8, 4) is 0 Å². The van der Waals surface area contributed by atoms with Gasteiger partial charge in [0.1, 0.15) is 0 Å². The van der Waals surface area contributed by atoms with Crippen LogP contribution in [0.1, 0.15) is 20.7 Å². The standard InChI is InChI=1S/C14H10N2O3/c17-13-11-7-6-10(8-12(11)14(18)16(13)19)15-9-4-2-1-3-5-9/h1-8,15,19H. The van der Waals surface area contributed by atoms with E-state index in [2.05, 4.69) is 5.32 Å². The van der Waals surface area contributed by atoms with Crippen LogP contribution in [0.2, 0.25) is 0 Å². The number of benzene rings is 2. The average Bonchev–Trinajstić information content (AvgIpc) is 2.65. The minimum absolute atomic E-state index is 0.136. The van der Waals surface area contributed by atoms with Gasteiger partial charge in [-0.2, -0.15) is 0 Å². The van der Waals surface area contributed by atoms with E-state index in [-0.39, 0.29) is 16.2 Å². The van der Waals surface area contributed by atoms with E-state index in [0.717, 1.165) is 5.69 Å². The summed E-state index contributed by atoms with van der Waals surface area (Å²) in [6.07, 6.45) is 0. The second-order valence-corrected chi connectivity index (χ2v) is 4.17. The van der Waals surface area contributed by atoms with Gasteiger partial charge in [-0.05, 0) is 30.3 Å². The van der Waals surface area contributed by atoms with Crippen LogP contribution in [0.15, 0.2) is 48.5 Å². The molecular formula is C14H10N2O3. The number of carbonyl (C=O) groups is 2. The Bertz CT molecular complexity index is 668. The highest BCUT2D eigenvalue weighted by atomic mass is 16.5. The van der Waals surface area contributed by atoms with Crippen LogP contribution in [0.5, 0.6) is 0 Å². The smallest absolute Gasteiger partial charge is 0.285 e. The number of hydrogen-bond acceptors (Lipinski definition) is 4. The van der Waals surface area contributed by atoms with Gasteiger partial charge in [-0.25, -0.2) is 0 Å². The molecule has 2 N–H and O–H groups in total. The van der Waals surface area contributed by atoms with Crippen molar-refractivity contribution < 1.29 is 14.8 Å². The molecule has 1 aliphatic heterocycles. The average molecular weight is 254 g/mol. The molecular weight excluding hydrogens is 244 g/mol. The molecule has 0 aromatic heterocycles. The highest BCUT2D eigenvalue weighted by molar-refractivity contribution is 6.20. The predicted molar refractivity (Wildman–Crippen MR) is 68.5 cm³/mol. The molecule has 1 aliphatic rings. The number of hydrogen-bond donors (Lipinski definition) is 2. The Morgan fingerprint density at radius 2 is 1.53 bits per heavy atom. The van der Waals surface area contributed by atoms with Crippen molar-refractivity contribution in [3.05, 3.63) is 59.7 Å². The van der Waals surface area contributed by atoms with Gasteiger partial charge in [0.2, 0.25) is 0 Å². The van der Waals surface area contributed by atoms with E-state index in [1.165, 1.54) is 6.07 Å². The maximum atomic E-state index is 11.6. The largest absolute Gasteiger partial charge is 0.356 e. The minimum Gasteiger partial charge on any atom is -0.356 e. The van der Waals surface area contributed by atoms with Gasteiger partial charge >= 0.3 is 0 Å². The quantitative estimate of drug-likeness (QED) is 0.637. The Morgan fingerprint density at radius 1 is 0.842 bits per heavy atom. The second kappa shape index (κ2) is 4.22. The fourth-order valence-corrected chi connectivity index (χ4v) is 1.99. The molecule has 2 aromatic rings. The van der Waals surface area contributed by atoms with E-state index >= 15 is 0 Å². The number of rotatable bonds is 2. The summed E-state index contributed by atoms with van der Waals surface area (Å²) in [7, 11) is 0. The number of hydroxylamine groups is 2. The van der Waals surface area contributed by atoms with Gasteiger partial charge in [0, 0.05) is 11.4 Å². The lowest BCUT2D eigenvalue weighted by Gasteiger charge is -2.06. The first-order valence-electron chi connectivity index (χ1n) is 5.70. The molecule has 5 heteroatoms. The summed E-state index contributed by atoms with van der Waals surface area (Å²) in [6, 6.07) is 14.2. The molecule has 1 heterocycles. The van der Waals surface area contributed by atoms with Gasteiger partial charge in [-0.15, -0.1) is 5.06 Å². The number of nitrogens with zero attached hydrogens (tertiary/aromatic N) is 1. The normalized spacial score (nSPS) is 13.6. The molecule has 0 fully saturated rings. The van der Waals surface area contributed by atoms with Crippen LogP contribution >= 0.6 is 0 Å². The molecule has 2 amide bonds. The highest BCUT2D eigenvalue weighted by Gasteiger charge is 2.34. The summed E-state index contributed by atoms with van der Waals surface area (Å²) in [5, 5.41) is 12.5. The van der Waals surface area contributed by atoms with Crippen LogP contribution in [0.4, 0.5) is 11.4 Å². The number of anilines is 2. The van der Waals surface area contributed by atoms with Crippen molar-refractivity contribution >= 4 is 23.2 Å². The topological polar surface area (TPSA) is 69.6 Å². The zero-order chi connectivity index (χ0) is 13.4. The molecule has 0 unspecified atom stereocenters. The number of amides is 2. The molecule has 0 spiro atoms. The number of carbonyl (C=O) groups excluding carboxylic acids is 2. The summed E-state index contributed by atoms with van der Waals surface area (Å²) < 4.78 is 0. The highest BCUT2D eigenvalue weighted by Crippen LogP contribution is 2.26. The summed E-state index contributed by atoms with van der Waals surface area (Å²) in [4.78, 5) is 23.2. The SMILES string of the molecule is O=C1c2ccc(Nc3ccccc3)cc2C(=O)N1O. The van der Waals surface area contributed by atoms with Crippen molar-refractivity contribution in [2.45, 2.75) is 0 Å². The molecule has 0 saturated heterocycles. The van der Waals surface area contributed by atoms with E-state index in [4.69, 9.17) is 0 Å². The van der Waals surface area contributed by atoms with Crippen molar-refractivity contribution in [2.24, 2.45) is 0 Å². The van der Waals surface area contributed by atoms with Gasteiger partial charge in [0.05, 0.1) is 11.1 Å². The fourth-order valence-electron chi connectivity index (χ4n) is 1.99. The molecule has 3 rings (SSSR count). The van der Waals surface area contributed by atoms with Crippen LogP contribution in [0, 0.1) is 0 Å². The Kier molecular flexibility index (Phi) is 2.54. The van der Waals surface area contributed by atoms with E-state index in [1.54, 1.807) is 12.1 Å². The zero-order valence-corrected chi connectivity index (χ0v) is 9.83. The molecule has 94 valence electrons. The minimum atomic E-state index is -0.697. The molecule has 0 bridgehead atoms. The Balaban J connectivity index is 1.95. The van der Waals surface area contributed by atoms with Crippen molar-refractivity contribution in [3.63, 3.8) is 0 Å². The van der Waals surface area contributed by atoms with Gasteiger partial charge < -0.3 is 5.32 Å². The lowest BCUT2D eigenvalue weighted by molar-refractivity contribution is -0.0327. The maximum Gasteiger partial charge on any atom is 0.285 e. The number of para-hydroxylation sites is 1. The monoisotopic (exact) mass is 254 g/mol. The van der Waals surface area contributed by atoms with Crippen molar-refractivity contribution in [2.75, 3.05) is 5.32 Å². The van der Waals surface area contributed by atoms with Crippen LogP contribution in [-0.2, 0) is 0 Å². The summed E-state index contributed by atoms with van der Waals surface area (Å²) in [6.45, 7) is 0. The van der Waals surface area contributed by atoms with E-state index in [0.29, 0.717) is 5.69 Å². The first-order valence-corrected chi connectivity index (χ1v) is 5.70. The third-order valence-corrected chi connectivity index (χ3v) is 2.93. The van der Waals surface area contributed by atoms with Crippen LogP contribution in [0.3, 0.4) is 0 Å². The summed E-state index contributed by atoms with van der Waals surface area (Å²) >= 11 is 0. The fraction of sp³-hybridized carbons (Fsp3) is 0. The van der Waals surface area contributed by atoms with Crippen LogP contribution in [0.25, 0.3) is 0 Å². The lowest BCUT2D eigenvalue weighted by atomic mass is 10.1.